The predicted octanol–water partition coefficient (Wildman–Crippen LogP) is 5.91. The summed E-state index contributed by atoms with van der Waals surface area (Å²) in [6, 6.07) is 10.2. The summed E-state index contributed by atoms with van der Waals surface area (Å²) in [5, 5.41) is 12.1. The number of hydrogen-bond acceptors (Lipinski definition) is 7. The number of amides is 2. The summed E-state index contributed by atoms with van der Waals surface area (Å²) < 4.78 is 1.86. The van der Waals surface area contributed by atoms with Crippen molar-refractivity contribution in [1.29, 1.82) is 0 Å². The molecular formula is C32H34ClN7O2S. The van der Waals surface area contributed by atoms with E-state index in [0.717, 1.165) is 77.9 Å². The Bertz CT molecular complexity index is 1670. The minimum atomic E-state index is -0.160. The number of piperidine rings is 1. The number of pyridine rings is 1. The topological polar surface area (TPSA) is 105 Å². The number of hydrogen-bond donors (Lipinski definition) is 2. The van der Waals surface area contributed by atoms with Gasteiger partial charge in [0.05, 0.1) is 32.7 Å². The summed E-state index contributed by atoms with van der Waals surface area (Å²) in [6.45, 7) is 3.57. The van der Waals surface area contributed by atoms with Crippen molar-refractivity contribution < 1.29 is 9.59 Å². The fourth-order valence-electron chi connectivity index (χ4n) is 6.75. The first-order chi connectivity index (χ1) is 20.9. The van der Waals surface area contributed by atoms with Gasteiger partial charge < -0.3 is 15.5 Å². The standard InChI is InChI=1S/C32H34ClN7O2S/c1-19(41)35-32-37-26-10-9-24-28(21-5-4-14-34-18-21)38-40(29(24)30(26)43-32)27-11-8-20(17-25(27)33)31(42)36-22-12-15-39(16-13-22)23-6-2-3-7-23/h4-5,8,11,14,17-18,22-23H,2-3,6-7,9-10,12-13,15-16H2,1H3,(H,36,42)(H,35,37,41). The van der Waals surface area contributed by atoms with E-state index in [1.54, 1.807) is 12.3 Å². The van der Waals surface area contributed by atoms with Crippen LogP contribution in [0.5, 0.6) is 0 Å². The fourth-order valence-corrected chi connectivity index (χ4v) is 8.13. The number of fused-ring (bicyclic) bond motifs is 3. The lowest BCUT2D eigenvalue weighted by molar-refractivity contribution is -0.114. The Kier molecular flexibility index (Phi) is 7.75. The summed E-state index contributed by atoms with van der Waals surface area (Å²) in [4.78, 5) is 37.6. The molecule has 0 spiro atoms. The molecule has 0 atom stereocenters. The van der Waals surface area contributed by atoms with Gasteiger partial charge in [-0.05, 0) is 68.9 Å². The van der Waals surface area contributed by atoms with Gasteiger partial charge in [0.15, 0.2) is 5.13 Å². The van der Waals surface area contributed by atoms with Gasteiger partial charge in [0.2, 0.25) is 5.91 Å². The van der Waals surface area contributed by atoms with Crippen LogP contribution in [0.2, 0.25) is 5.02 Å². The van der Waals surface area contributed by atoms with Crippen molar-refractivity contribution in [3.8, 4) is 27.5 Å². The number of anilines is 1. The Morgan fingerprint density at radius 2 is 1.88 bits per heavy atom. The molecule has 4 heterocycles. The van der Waals surface area contributed by atoms with Gasteiger partial charge in [0.1, 0.15) is 0 Å². The Morgan fingerprint density at radius 3 is 2.60 bits per heavy atom. The number of aromatic nitrogens is 4. The maximum Gasteiger partial charge on any atom is 0.251 e. The summed E-state index contributed by atoms with van der Waals surface area (Å²) in [7, 11) is 0. The zero-order valence-electron chi connectivity index (χ0n) is 24.1. The molecule has 2 aliphatic carbocycles. The molecule has 0 bridgehead atoms. The Hall–Kier alpha value is -3.60. The van der Waals surface area contributed by atoms with Crippen LogP contribution in [0, 0.1) is 0 Å². The molecule has 1 saturated heterocycles. The second-order valence-electron chi connectivity index (χ2n) is 11.7. The van der Waals surface area contributed by atoms with Crippen LogP contribution in [0.3, 0.4) is 0 Å². The molecule has 222 valence electrons. The number of aryl methyl sites for hydroxylation is 1. The molecule has 9 nitrogen and oxygen atoms in total. The van der Waals surface area contributed by atoms with Gasteiger partial charge >= 0.3 is 0 Å². The van der Waals surface area contributed by atoms with Crippen molar-refractivity contribution in [3.63, 3.8) is 0 Å². The van der Waals surface area contributed by atoms with Crippen LogP contribution in [0.1, 0.15) is 67.1 Å². The van der Waals surface area contributed by atoms with Crippen molar-refractivity contribution in [2.75, 3.05) is 18.4 Å². The Balaban J connectivity index is 1.17. The van der Waals surface area contributed by atoms with Crippen molar-refractivity contribution in [3.05, 3.63) is 64.6 Å². The van der Waals surface area contributed by atoms with Crippen molar-refractivity contribution in [2.45, 2.75) is 70.4 Å². The summed E-state index contributed by atoms with van der Waals surface area (Å²) in [5.41, 5.74) is 5.88. The second-order valence-corrected chi connectivity index (χ2v) is 13.1. The van der Waals surface area contributed by atoms with E-state index in [2.05, 4.69) is 20.5 Å². The minimum Gasteiger partial charge on any atom is -0.349 e. The van der Waals surface area contributed by atoms with Gasteiger partial charge in [-0.2, -0.15) is 5.10 Å². The largest absolute Gasteiger partial charge is 0.349 e. The average Bonchev–Trinajstić information content (AvgIpc) is 3.76. The van der Waals surface area contributed by atoms with E-state index in [1.165, 1.54) is 43.9 Å². The smallest absolute Gasteiger partial charge is 0.251 e. The molecule has 11 heteroatoms. The number of nitrogens with zero attached hydrogens (tertiary/aromatic N) is 5. The lowest BCUT2D eigenvalue weighted by Crippen LogP contribution is -2.47. The molecular weight excluding hydrogens is 582 g/mol. The zero-order valence-corrected chi connectivity index (χ0v) is 25.7. The van der Waals surface area contributed by atoms with E-state index < -0.39 is 0 Å². The van der Waals surface area contributed by atoms with Crippen LogP contribution < -0.4 is 10.6 Å². The Labute approximate surface area is 259 Å². The third-order valence-corrected chi connectivity index (χ3v) is 10.2. The molecule has 4 aromatic rings. The van der Waals surface area contributed by atoms with Crippen molar-refractivity contribution >= 4 is 39.9 Å². The van der Waals surface area contributed by atoms with E-state index in [1.807, 2.05) is 35.1 Å². The van der Waals surface area contributed by atoms with Gasteiger partial charge in [-0.15, -0.1) is 0 Å². The number of benzene rings is 1. The first-order valence-corrected chi connectivity index (χ1v) is 16.3. The van der Waals surface area contributed by atoms with Crippen LogP contribution in [-0.4, -0.2) is 61.6 Å². The molecule has 2 fully saturated rings. The number of nitrogens with one attached hydrogen (secondary N) is 2. The quantitative estimate of drug-likeness (QED) is 0.280. The number of carbonyl (C=O) groups excluding carboxylic acids is 2. The molecule has 2 amide bonds. The average molecular weight is 616 g/mol. The first-order valence-electron chi connectivity index (χ1n) is 15.1. The molecule has 1 saturated carbocycles. The van der Waals surface area contributed by atoms with Gasteiger partial charge in [-0.3, -0.25) is 14.6 Å². The van der Waals surface area contributed by atoms with E-state index in [-0.39, 0.29) is 17.9 Å². The fraction of sp³-hybridized carbons (Fsp3) is 0.406. The molecule has 0 radical (unpaired) electrons. The number of rotatable bonds is 6. The summed E-state index contributed by atoms with van der Waals surface area (Å²) in [5.74, 6) is -0.261. The van der Waals surface area contributed by atoms with Crippen LogP contribution in [0.4, 0.5) is 5.13 Å². The second kappa shape index (κ2) is 11.8. The number of carbonyl (C=O) groups is 2. The van der Waals surface area contributed by atoms with Gasteiger partial charge in [0.25, 0.3) is 5.91 Å². The van der Waals surface area contributed by atoms with E-state index >= 15 is 0 Å². The van der Waals surface area contributed by atoms with E-state index in [9.17, 15) is 9.59 Å². The maximum absolute atomic E-state index is 13.3. The highest BCUT2D eigenvalue weighted by atomic mass is 35.5. The predicted molar refractivity (Wildman–Crippen MR) is 169 cm³/mol. The molecule has 0 unspecified atom stereocenters. The first kappa shape index (κ1) is 28.2. The third kappa shape index (κ3) is 5.59. The molecule has 2 N–H and O–H groups in total. The lowest BCUT2D eigenvalue weighted by Gasteiger charge is -2.36. The monoisotopic (exact) mass is 615 g/mol. The number of likely N-dealkylation sites (tertiary alicyclic amines) is 1. The number of halogens is 1. The SMILES string of the molecule is CC(=O)Nc1nc2c(s1)-c1c(c(-c3cccnc3)nn1-c1ccc(C(=O)NC3CCN(C4CCCC4)CC3)cc1Cl)CC2. The lowest BCUT2D eigenvalue weighted by atomic mass is 9.95. The molecule has 3 aromatic heterocycles. The van der Waals surface area contributed by atoms with Crippen LogP contribution >= 0.6 is 22.9 Å². The zero-order chi connectivity index (χ0) is 29.5. The third-order valence-electron chi connectivity index (χ3n) is 8.87. The molecule has 43 heavy (non-hydrogen) atoms. The summed E-state index contributed by atoms with van der Waals surface area (Å²) >= 11 is 8.35. The van der Waals surface area contributed by atoms with Crippen LogP contribution in [0.25, 0.3) is 27.5 Å². The molecule has 1 aliphatic heterocycles. The van der Waals surface area contributed by atoms with Gasteiger partial charge in [-0.1, -0.05) is 35.8 Å². The van der Waals surface area contributed by atoms with Crippen LogP contribution in [0.15, 0.2) is 42.7 Å². The highest BCUT2D eigenvalue weighted by Crippen LogP contribution is 2.44. The van der Waals surface area contributed by atoms with Crippen molar-refractivity contribution in [2.24, 2.45) is 0 Å². The Morgan fingerprint density at radius 1 is 1.07 bits per heavy atom. The van der Waals surface area contributed by atoms with Crippen LogP contribution in [-0.2, 0) is 17.6 Å². The molecule has 1 aromatic carbocycles. The van der Waals surface area contributed by atoms with E-state index in [4.69, 9.17) is 21.7 Å². The van der Waals surface area contributed by atoms with Crippen molar-refractivity contribution in [1.82, 2.24) is 30.0 Å². The molecule has 7 rings (SSSR count). The highest BCUT2D eigenvalue weighted by molar-refractivity contribution is 7.19. The minimum absolute atomic E-state index is 0.101. The van der Waals surface area contributed by atoms with Gasteiger partial charge in [0, 0.05) is 61.2 Å². The highest BCUT2D eigenvalue weighted by Gasteiger charge is 2.31. The maximum atomic E-state index is 13.3. The molecule has 3 aliphatic rings. The normalized spacial score (nSPS) is 17.4. The number of thiazole rings is 1. The van der Waals surface area contributed by atoms with Gasteiger partial charge in [-0.25, -0.2) is 9.67 Å². The van der Waals surface area contributed by atoms with E-state index in [0.29, 0.717) is 21.4 Å². The summed E-state index contributed by atoms with van der Waals surface area (Å²) in [6.07, 6.45) is 12.3.